The maximum atomic E-state index is 13.1. The van der Waals surface area contributed by atoms with Gasteiger partial charge in [-0.15, -0.1) is 0 Å². The summed E-state index contributed by atoms with van der Waals surface area (Å²) in [6.45, 7) is 1.80. The van der Waals surface area contributed by atoms with Gasteiger partial charge in [0.05, 0.1) is 6.10 Å². The minimum atomic E-state index is -0.504. The molecule has 1 heterocycles. The molecule has 1 aliphatic heterocycles. The van der Waals surface area contributed by atoms with E-state index in [1.807, 2.05) is 48.2 Å². The van der Waals surface area contributed by atoms with Crippen LogP contribution in [0.5, 0.6) is 0 Å². The van der Waals surface area contributed by atoms with Crippen molar-refractivity contribution in [2.24, 2.45) is 5.73 Å². The Labute approximate surface area is 165 Å². The van der Waals surface area contributed by atoms with Gasteiger partial charge >= 0.3 is 0 Å². The molecule has 2 amide bonds. The fourth-order valence-corrected chi connectivity index (χ4v) is 3.33. The summed E-state index contributed by atoms with van der Waals surface area (Å²) in [5, 5.41) is 0. The molecule has 0 bridgehead atoms. The first-order valence-corrected chi connectivity index (χ1v) is 9.51. The molecule has 1 fully saturated rings. The minimum Gasteiger partial charge on any atom is -0.378 e. The summed E-state index contributed by atoms with van der Waals surface area (Å²) in [6, 6.07) is 14.7. The number of anilines is 1. The molecule has 0 spiro atoms. The van der Waals surface area contributed by atoms with Crippen LogP contribution in [0, 0.1) is 0 Å². The number of benzene rings is 2. The van der Waals surface area contributed by atoms with E-state index in [0.29, 0.717) is 24.2 Å². The molecule has 6 heteroatoms. The third-order valence-corrected chi connectivity index (χ3v) is 4.98. The summed E-state index contributed by atoms with van der Waals surface area (Å²) in [6.07, 6.45) is 2.05. The maximum Gasteiger partial charge on any atom is 0.254 e. The molecular formula is C22H27N3O3. The van der Waals surface area contributed by atoms with Crippen LogP contribution in [0.25, 0.3) is 0 Å². The van der Waals surface area contributed by atoms with Crippen molar-refractivity contribution in [3.05, 3.63) is 65.2 Å². The zero-order valence-corrected chi connectivity index (χ0v) is 16.4. The van der Waals surface area contributed by atoms with Gasteiger partial charge in [-0.25, -0.2) is 0 Å². The number of hydrogen-bond donors (Lipinski definition) is 1. The van der Waals surface area contributed by atoms with Gasteiger partial charge < -0.3 is 20.3 Å². The lowest BCUT2D eigenvalue weighted by Crippen LogP contribution is -2.37. The summed E-state index contributed by atoms with van der Waals surface area (Å²) < 4.78 is 5.75. The molecule has 0 saturated carbocycles. The Morgan fingerprint density at radius 2 is 1.68 bits per heavy atom. The SMILES string of the molecule is CN(C)c1ccc(CN(C[C@@H]2CCCO2)C(=O)c2ccc(C(N)=O)cc2)cc1. The first-order valence-electron chi connectivity index (χ1n) is 9.51. The van der Waals surface area contributed by atoms with Crippen LogP contribution in [0.15, 0.2) is 48.5 Å². The highest BCUT2D eigenvalue weighted by atomic mass is 16.5. The topological polar surface area (TPSA) is 75.9 Å². The summed E-state index contributed by atoms with van der Waals surface area (Å²) in [7, 11) is 4.00. The van der Waals surface area contributed by atoms with Gasteiger partial charge in [0.1, 0.15) is 0 Å². The number of amides is 2. The number of nitrogens with two attached hydrogens (primary N) is 1. The number of nitrogens with zero attached hydrogens (tertiary/aromatic N) is 2. The number of rotatable bonds is 7. The molecule has 2 aromatic rings. The first-order chi connectivity index (χ1) is 13.4. The van der Waals surface area contributed by atoms with Crippen LogP contribution < -0.4 is 10.6 Å². The second-order valence-corrected chi connectivity index (χ2v) is 7.32. The van der Waals surface area contributed by atoms with E-state index >= 15 is 0 Å². The molecule has 148 valence electrons. The summed E-state index contributed by atoms with van der Waals surface area (Å²) >= 11 is 0. The standard InChI is InChI=1S/C22H27N3O3/c1-24(2)19-11-5-16(6-12-19)14-25(15-20-4-3-13-28-20)22(27)18-9-7-17(8-10-18)21(23)26/h5-12,20H,3-4,13-15H2,1-2H3,(H2,23,26)/t20-/m0/s1. The Bertz CT molecular complexity index is 810. The van der Waals surface area contributed by atoms with Crippen molar-refractivity contribution in [3.8, 4) is 0 Å². The van der Waals surface area contributed by atoms with Crippen LogP contribution in [0.2, 0.25) is 0 Å². The molecule has 0 aliphatic carbocycles. The predicted molar refractivity (Wildman–Crippen MR) is 109 cm³/mol. The average molecular weight is 381 g/mol. The van der Waals surface area contributed by atoms with Crippen molar-refractivity contribution in [2.45, 2.75) is 25.5 Å². The Morgan fingerprint density at radius 1 is 1.04 bits per heavy atom. The molecule has 0 unspecified atom stereocenters. The monoisotopic (exact) mass is 381 g/mol. The van der Waals surface area contributed by atoms with Crippen molar-refractivity contribution in [2.75, 3.05) is 32.1 Å². The number of carbonyl (C=O) groups excluding carboxylic acids is 2. The molecule has 0 radical (unpaired) electrons. The lowest BCUT2D eigenvalue weighted by Gasteiger charge is -2.26. The summed E-state index contributed by atoms with van der Waals surface area (Å²) in [5.74, 6) is -0.584. The fourth-order valence-electron chi connectivity index (χ4n) is 3.33. The lowest BCUT2D eigenvalue weighted by atomic mass is 10.1. The van der Waals surface area contributed by atoms with Crippen LogP contribution in [0.4, 0.5) is 5.69 Å². The highest BCUT2D eigenvalue weighted by Crippen LogP contribution is 2.19. The normalized spacial score (nSPS) is 16.0. The smallest absolute Gasteiger partial charge is 0.254 e. The second-order valence-electron chi connectivity index (χ2n) is 7.32. The van der Waals surface area contributed by atoms with Crippen LogP contribution in [0.1, 0.15) is 39.1 Å². The Balaban J connectivity index is 1.78. The average Bonchev–Trinajstić information content (AvgIpc) is 3.20. The van der Waals surface area contributed by atoms with Crippen molar-refractivity contribution < 1.29 is 14.3 Å². The zero-order chi connectivity index (χ0) is 20.1. The maximum absolute atomic E-state index is 13.1. The summed E-state index contributed by atoms with van der Waals surface area (Å²) in [5.41, 5.74) is 8.39. The molecule has 2 aromatic carbocycles. The van der Waals surface area contributed by atoms with E-state index in [9.17, 15) is 9.59 Å². The fraction of sp³-hybridized carbons (Fsp3) is 0.364. The van der Waals surface area contributed by atoms with Gasteiger partial charge in [0.2, 0.25) is 5.91 Å². The molecule has 6 nitrogen and oxygen atoms in total. The highest BCUT2D eigenvalue weighted by molar-refractivity contribution is 5.97. The van der Waals surface area contributed by atoms with Gasteiger partial charge in [0, 0.05) is 50.6 Å². The molecule has 1 atom stereocenters. The van der Waals surface area contributed by atoms with E-state index in [1.165, 1.54) is 0 Å². The van der Waals surface area contributed by atoms with Gasteiger partial charge in [-0.3, -0.25) is 9.59 Å². The van der Waals surface area contributed by atoms with Crippen molar-refractivity contribution in [1.82, 2.24) is 4.90 Å². The Kier molecular flexibility index (Phi) is 6.31. The van der Waals surface area contributed by atoms with Crippen molar-refractivity contribution in [1.29, 1.82) is 0 Å². The van der Waals surface area contributed by atoms with Gasteiger partial charge in [-0.05, 0) is 54.8 Å². The molecule has 0 aromatic heterocycles. The number of carbonyl (C=O) groups is 2. The lowest BCUT2D eigenvalue weighted by molar-refractivity contribution is 0.0507. The third-order valence-electron chi connectivity index (χ3n) is 4.98. The van der Waals surface area contributed by atoms with E-state index in [-0.39, 0.29) is 12.0 Å². The predicted octanol–water partition coefficient (Wildman–Crippen LogP) is 2.67. The molecular weight excluding hydrogens is 354 g/mol. The van der Waals surface area contributed by atoms with Crippen LogP contribution in [-0.4, -0.2) is 50.1 Å². The molecule has 1 aliphatic rings. The largest absolute Gasteiger partial charge is 0.378 e. The molecule has 28 heavy (non-hydrogen) atoms. The van der Waals surface area contributed by atoms with Crippen LogP contribution in [0.3, 0.4) is 0 Å². The van der Waals surface area contributed by atoms with E-state index in [4.69, 9.17) is 10.5 Å². The third kappa shape index (κ3) is 4.89. The minimum absolute atomic E-state index is 0.0647. The van der Waals surface area contributed by atoms with E-state index < -0.39 is 5.91 Å². The van der Waals surface area contributed by atoms with Crippen LogP contribution >= 0.6 is 0 Å². The first kappa shape index (κ1) is 19.9. The Hall–Kier alpha value is -2.86. The highest BCUT2D eigenvalue weighted by Gasteiger charge is 2.24. The molecule has 1 saturated heterocycles. The van der Waals surface area contributed by atoms with Crippen molar-refractivity contribution >= 4 is 17.5 Å². The summed E-state index contributed by atoms with van der Waals surface area (Å²) in [4.78, 5) is 28.3. The number of ether oxygens (including phenoxy) is 1. The quantitative estimate of drug-likeness (QED) is 0.800. The number of hydrogen-bond acceptors (Lipinski definition) is 4. The van der Waals surface area contributed by atoms with E-state index in [1.54, 1.807) is 24.3 Å². The van der Waals surface area contributed by atoms with E-state index in [2.05, 4.69) is 0 Å². The Morgan fingerprint density at radius 3 is 2.21 bits per heavy atom. The van der Waals surface area contributed by atoms with Crippen molar-refractivity contribution in [3.63, 3.8) is 0 Å². The second kappa shape index (κ2) is 8.89. The van der Waals surface area contributed by atoms with Gasteiger partial charge in [0.25, 0.3) is 5.91 Å². The number of primary amides is 1. The molecule has 2 N–H and O–H groups in total. The zero-order valence-electron chi connectivity index (χ0n) is 16.4. The van der Waals surface area contributed by atoms with Crippen LogP contribution in [-0.2, 0) is 11.3 Å². The van der Waals surface area contributed by atoms with Gasteiger partial charge in [-0.2, -0.15) is 0 Å². The van der Waals surface area contributed by atoms with Gasteiger partial charge in [-0.1, -0.05) is 12.1 Å². The van der Waals surface area contributed by atoms with Gasteiger partial charge in [0.15, 0.2) is 0 Å². The van der Waals surface area contributed by atoms with E-state index in [0.717, 1.165) is 30.7 Å². The molecule has 3 rings (SSSR count).